The fourth-order valence-corrected chi connectivity index (χ4v) is 1.61. The number of nitrogens with one attached hydrogen (secondary N) is 2. The van der Waals surface area contributed by atoms with E-state index in [1.807, 2.05) is 31.1 Å². The lowest BCUT2D eigenvalue weighted by atomic mass is 10.2. The van der Waals surface area contributed by atoms with Crippen LogP contribution < -0.4 is 15.5 Å². The molecule has 0 aliphatic rings. The second kappa shape index (κ2) is 9.07. The van der Waals surface area contributed by atoms with Gasteiger partial charge >= 0.3 is 6.09 Å². The molecule has 0 unspecified atom stereocenters. The number of benzene rings is 1. The van der Waals surface area contributed by atoms with Crippen molar-refractivity contribution in [3.63, 3.8) is 0 Å². The molecule has 1 rings (SSSR count). The van der Waals surface area contributed by atoms with E-state index in [2.05, 4.69) is 10.6 Å². The Morgan fingerprint density at radius 1 is 1.14 bits per heavy atom. The maximum Gasteiger partial charge on any atom is 0.407 e. The molecule has 0 aliphatic heterocycles. The minimum absolute atomic E-state index is 0.165. The Kier molecular flexibility index (Phi) is 7.39. The number of rotatable bonds is 7. The highest BCUT2D eigenvalue weighted by Crippen LogP contribution is 2.11. The quantitative estimate of drug-likeness (QED) is 0.590. The lowest BCUT2D eigenvalue weighted by molar-refractivity contribution is 0.0952. The van der Waals surface area contributed by atoms with E-state index in [9.17, 15) is 9.59 Å². The van der Waals surface area contributed by atoms with Crippen LogP contribution in [0.3, 0.4) is 0 Å². The van der Waals surface area contributed by atoms with Gasteiger partial charge < -0.3 is 20.3 Å². The lowest BCUT2D eigenvalue weighted by Gasteiger charge is -2.12. The molecule has 0 heterocycles. The van der Waals surface area contributed by atoms with Crippen molar-refractivity contribution >= 4 is 29.3 Å². The molecule has 0 spiro atoms. The molecule has 6 nitrogen and oxygen atoms in total. The minimum Gasteiger partial charge on any atom is -0.448 e. The Morgan fingerprint density at radius 2 is 1.76 bits per heavy atom. The molecule has 0 saturated heterocycles. The van der Waals surface area contributed by atoms with E-state index < -0.39 is 6.09 Å². The summed E-state index contributed by atoms with van der Waals surface area (Å²) in [6.45, 7) is 0.783. The molecule has 0 fully saturated rings. The molecule has 0 aliphatic carbocycles. The first-order valence-corrected chi connectivity index (χ1v) is 7.10. The maximum atomic E-state index is 11.9. The molecule has 21 heavy (non-hydrogen) atoms. The van der Waals surface area contributed by atoms with Crippen LogP contribution in [0.15, 0.2) is 24.3 Å². The smallest absolute Gasteiger partial charge is 0.407 e. The standard InChI is InChI=1S/C14H20ClN3O3/c1-18(2)12-5-3-11(4-6-12)13(19)16-8-9-17-14(20)21-10-7-15/h3-6H,7-10H2,1-2H3,(H,16,19)(H,17,20). The molecule has 0 radical (unpaired) electrons. The summed E-state index contributed by atoms with van der Waals surface area (Å²) in [6.07, 6.45) is -0.541. The molecule has 2 amide bonds. The average molecular weight is 314 g/mol. The summed E-state index contributed by atoms with van der Waals surface area (Å²) in [7, 11) is 3.87. The van der Waals surface area contributed by atoms with Gasteiger partial charge in [0.25, 0.3) is 5.91 Å². The summed E-state index contributed by atoms with van der Waals surface area (Å²) in [5, 5.41) is 5.22. The van der Waals surface area contributed by atoms with E-state index in [4.69, 9.17) is 16.3 Å². The summed E-state index contributed by atoms with van der Waals surface area (Å²) in [4.78, 5) is 24.9. The van der Waals surface area contributed by atoms with Gasteiger partial charge in [-0.05, 0) is 24.3 Å². The maximum absolute atomic E-state index is 11.9. The predicted octanol–water partition coefficient (Wildman–Crippen LogP) is 1.45. The molecule has 116 valence electrons. The van der Waals surface area contributed by atoms with Gasteiger partial charge in [-0.25, -0.2) is 4.79 Å². The number of halogens is 1. The highest BCUT2D eigenvalue weighted by Gasteiger charge is 2.06. The van der Waals surface area contributed by atoms with Crippen molar-refractivity contribution in [2.24, 2.45) is 0 Å². The topological polar surface area (TPSA) is 70.7 Å². The zero-order valence-corrected chi connectivity index (χ0v) is 12.9. The summed E-state index contributed by atoms with van der Waals surface area (Å²) >= 11 is 5.38. The lowest BCUT2D eigenvalue weighted by Crippen LogP contribution is -2.35. The van der Waals surface area contributed by atoms with Crippen LogP contribution >= 0.6 is 11.6 Å². The summed E-state index contributed by atoms with van der Waals surface area (Å²) < 4.78 is 4.72. The normalized spacial score (nSPS) is 9.86. The van der Waals surface area contributed by atoms with Crippen molar-refractivity contribution in [3.05, 3.63) is 29.8 Å². The third-order valence-corrected chi connectivity index (χ3v) is 2.79. The summed E-state index contributed by atoms with van der Waals surface area (Å²) in [5.41, 5.74) is 1.60. The van der Waals surface area contributed by atoms with E-state index in [0.717, 1.165) is 5.69 Å². The van der Waals surface area contributed by atoms with Crippen LogP contribution in [0.1, 0.15) is 10.4 Å². The first-order valence-electron chi connectivity index (χ1n) is 6.56. The Morgan fingerprint density at radius 3 is 2.33 bits per heavy atom. The van der Waals surface area contributed by atoms with E-state index in [-0.39, 0.29) is 18.4 Å². The Hall–Kier alpha value is -1.95. The summed E-state index contributed by atoms with van der Waals surface area (Å²) in [5.74, 6) is 0.0730. The van der Waals surface area contributed by atoms with Gasteiger partial charge in [-0.2, -0.15) is 0 Å². The third kappa shape index (κ3) is 6.35. The van der Waals surface area contributed by atoms with E-state index >= 15 is 0 Å². The molecule has 0 bridgehead atoms. The SMILES string of the molecule is CN(C)c1ccc(C(=O)NCCNC(=O)OCCCl)cc1. The van der Waals surface area contributed by atoms with Gasteiger partial charge in [-0.1, -0.05) is 0 Å². The molecule has 2 N–H and O–H groups in total. The van der Waals surface area contributed by atoms with E-state index in [1.54, 1.807) is 12.1 Å². The minimum atomic E-state index is -0.541. The van der Waals surface area contributed by atoms with Gasteiger partial charge in [0.2, 0.25) is 0 Å². The largest absolute Gasteiger partial charge is 0.448 e. The van der Waals surface area contributed by atoms with Crippen LogP contribution in [0.2, 0.25) is 0 Å². The first kappa shape index (κ1) is 17.1. The molecular formula is C14H20ClN3O3. The van der Waals surface area contributed by atoms with Crippen molar-refractivity contribution in [2.45, 2.75) is 0 Å². The molecule has 0 atom stereocenters. The number of anilines is 1. The molecule has 0 aromatic heterocycles. The Labute approximate surface area is 129 Å². The molecule has 1 aromatic carbocycles. The molecule has 1 aromatic rings. The predicted molar refractivity (Wildman–Crippen MR) is 83.2 cm³/mol. The number of hydrogen-bond acceptors (Lipinski definition) is 4. The zero-order valence-electron chi connectivity index (χ0n) is 12.2. The first-order chi connectivity index (χ1) is 10.0. The van der Waals surface area contributed by atoms with Crippen molar-refractivity contribution < 1.29 is 14.3 Å². The number of carbonyl (C=O) groups excluding carboxylic acids is 2. The second-order valence-electron chi connectivity index (χ2n) is 4.45. The number of alkyl carbamates (subject to hydrolysis) is 1. The highest BCUT2D eigenvalue weighted by atomic mass is 35.5. The van der Waals surface area contributed by atoms with Gasteiger partial charge in [0.15, 0.2) is 0 Å². The Balaban J connectivity index is 2.29. The number of amides is 2. The zero-order chi connectivity index (χ0) is 15.7. The van der Waals surface area contributed by atoms with Crippen LogP contribution in [0, 0.1) is 0 Å². The average Bonchev–Trinajstić information content (AvgIpc) is 2.49. The second-order valence-corrected chi connectivity index (χ2v) is 4.83. The molecular weight excluding hydrogens is 294 g/mol. The number of hydrogen-bond donors (Lipinski definition) is 2. The molecule has 7 heteroatoms. The Bertz CT molecular complexity index is 463. The highest BCUT2D eigenvalue weighted by molar-refractivity contribution is 6.18. The number of carbonyl (C=O) groups is 2. The van der Waals surface area contributed by atoms with Crippen LogP contribution in [0.4, 0.5) is 10.5 Å². The number of ether oxygens (including phenoxy) is 1. The van der Waals surface area contributed by atoms with Crippen LogP contribution in [-0.4, -0.2) is 51.7 Å². The van der Waals surface area contributed by atoms with Crippen LogP contribution in [0.25, 0.3) is 0 Å². The number of nitrogens with zero attached hydrogens (tertiary/aromatic N) is 1. The third-order valence-electron chi connectivity index (χ3n) is 2.64. The molecule has 0 saturated carbocycles. The van der Waals surface area contributed by atoms with Gasteiger partial charge in [0, 0.05) is 38.4 Å². The van der Waals surface area contributed by atoms with Crippen molar-refractivity contribution in [2.75, 3.05) is 44.6 Å². The van der Waals surface area contributed by atoms with Crippen molar-refractivity contribution in [3.8, 4) is 0 Å². The van der Waals surface area contributed by atoms with Gasteiger partial charge in [0.1, 0.15) is 6.61 Å². The fourth-order valence-electron chi connectivity index (χ4n) is 1.54. The van der Waals surface area contributed by atoms with E-state index in [1.165, 1.54) is 0 Å². The van der Waals surface area contributed by atoms with Gasteiger partial charge in [-0.15, -0.1) is 11.6 Å². The fraction of sp³-hybridized carbons (Fsp3) is 0.429. The monoisotopic (exact) mass is 313 g/mol. The summed E-state index contributed by atoms with van der Waals surface area (Å²) in [6, 6.07) is 7.26. The van der Waals surface area contributed by atoms with Gasteiger partial charge in [0.05, 0.1) is 5.88 Å². The number of alkyl halides is 1. The van der Waals surface area contributed by atoms with Crippen molar-refractivity contribution in [1.29, 1.82) is 0 Å². The van der Waals surface area contributed by atoms with E-state index in [0.29, 0.717) is 18.7 Å². The van der Waals surface area contributed by atoms with Crippen LogP contribution in [-0.2, 0) is 4.74 Å². The van der Waals surface area contributed by atoms with Gasteiger partial charge in [-0.3, -0.25) is 4.79 Å². The van der Waals surface area contributed by atoms with Crippen LogP contribution in [0.5, 0.6) is 0 Å². The van der Waals surface area contributed by atoms with Crippen molar-refractivity contribution in [1.82, 2.24) is 10.6 Å².